The van der Waals surface area contributed by atoms with Gasteiger partial charge in [-0.2, -0.15) is 5.10 Å². The summed E-state index contributed by atoms with van der Waals surface area (Å²) in [6, 6.07) is 14.6. The van der Waals surface area contributed by atoms with Crippen LogP contribution in [0.1, 0.15) is 21.5 Å². The number of hydrogen-bond acceptors (Lipinski definition) is 3. The number of halogens is 1. The summed E-state index contributed by atoms with van der Waals surface area (Å²) in [5.41, 5.74) is 2.76. The fourth-order valence-electron chi connectivity index (χ4n) is 2.32. The van der Waals surface area contributed by atoms with Gasteiger partial charge in [0.15, 0.2) is 0 Å². The molecule has 1 heterocycles. The molecule has 24 heavy (non-hydrogen) atoms. The summed E-state index contributed by atoms with van der Waals surface area (Å²) in [5.74, 6) is -0.254. The Morgan fingerprint density at radius 1 is 1.21 bits per heavy atom. The van der Waals surface area contributed by atoms with Gasteiger partial charge in [0.2, 0.25) is 0 Å². The largest absolute Gasteiger partial charge is 0.392 e. The first kappa shape index (κ1) is 16.2. The number of nitrogens with one attached hydrogen (secondary N) is 1. The molecular weight excluding hydrogens is 326 g/mol. The van der Waals surface area contributed by atoms with Crippen LogP contribution in [0.15, 0.2) is 60.9 Å². The maximum atomic E-state index is 12.3. The molecule has 0 radical (unpaired) electrons. The average Bonchev–Trinajstić information content (AvgIpc) is 3.06. The fourth-order valence-corrected chi connectivity index (χ4v) is 2.51. The monoisotopic (exact) mass is 341 g/mol. The van der Waals surface area contributed by atoms with Gasteiger partial charge in [0.05, 0.1) is 24.9 Å². The molecule has 3 aromatic rings. The summed E-state index contributed by atoms with van der Waals surface area (Å²) in [6.07, 6.45) is 3.19. The normalized spacial score (nSPS) is 10.6. The van der Waals surface area contributed by atoms with Gasteiger partial charge < -0.3 is 10.4 Å². The smallest absolute Gasteiger partial charge is 0.258 e. The number of aliphatic hydroxyl groups excluding tert-OH is 1. The van der Waals surface area contributed by atoms with Crippen LogP contribution < -0.4 is 5.32 Å². The van der Waals surface area contributed by atoms with E-state index in [1.165, 1.54) is 6.20 Å². The first-order valence-corrected chi connectivity index (χ1v) is 7.80. The molecule has 0 aliphatic carbocycles. The molecule has 6 heteroatoms. The summed E-state index contributed by atoms with van der Waals surface area (Å²) in [4.78, 5) is 12.3. The van der Waals surface area contributed by atoms with Gasteiger partial charge in [0.25, 0.3) is 5.91 Å². The van der Waals surface area contributed by atoms with E-state index in [4.69, 9.17) is 16.7 Å². The minimum absolute atomic E-state index is 0.0700. The van der Waals surface area contributed by atoms with Crippen LogP contribution in [0, 0.1) is 0 Å². The van der Waals surface area contributed by atoms with Gasteiger partial charge in [-0.25, -0.2) is 0 Å². The predicted molar refractivity (Wildman–Crippen MR) is 93.1 cm³/mol. The lowest BCUT2D eigenvalue weighted by Crippen LogP contribution is -2.11. The Hall–Kier alpha value is -2.63. The van der Waals surface area contributed by atoms with Crippen molar-refractivity contribution < 1.29 is 9.90 Å². The van der Waals surface area contributed by atoms with Gasteiger partial charge in [0, 0.05) is 16.9 Å². The lowest BCUT2D eigenvalue weighted by Gasteiger charge is -2.05. The third-order valence-electron chi connectivity index (χ3n) is 3.55. The van der Waals surface area contributed by atoms with Crippen molar-refractivity contribution in [1.82, 2.24) is 9.78 Å². The van der Waals surface area contributed by atoms with E-state index in [0.717, 1.165) is 11.1 Å². The maximum absolute atomic E-state index is 12.3. The minimum atomic E-state index is -0.254. The SMILES string of the molecule is O=C(Nc1cccc(CO)c1)c1cnn(Cc2ccccc2Cl)c1. The molecule has 5 nitrogen and oxygen atoms in total. The Labute approximate surface area is 144 Å². The third kappa shape index (κ3) is 3.82. The number of benzene rings is 2. The van der Waals surface area contributed by atoms with Crippen molar-refractivity contribution in [3.8, 4) is 0 Å². The van der Waals surface area contributed by atoms with Gasteiger partial charge >= 0.3 is 0 Å². The highest BCUT2D eigenvalue weighted by Crippen LogP contribution is 2.16. The molecule has 0 aliphatic rings. The number of anilines is 1. The number of amides is 1. The second-order valence-electron chi connectivity index (χ2n) is 5.33. The number of carbonyl (C=O) groups excluding carboxylic acids is 1. The van der Waals surface area contributed by atoms with Gasteiger partial charge in [-0.05, 0) is 29.3 Å². The van der Waals surface area contributed by atoms with Crippen molar-refractivity contribution in [2.24, 2.45) is 0 Å². The van der Waals surface area contributed by atoms with E-state index in [9.17, 15) is 4.79 Å². The molecule has 1 aromatic heterocycles. The maximum Gasteiger partial charge on any atom is 0.258 e. The van der Waals surface area contributed by atoms with Gasteiger partial charge in [-0.1, -0.05) is 41.9 Å². The van der Waals surface area contributed by atoms with Crippen LogP contribution in [0.3, 0.4) is 0 Å². The average molecular weight is 342 g/mol. The van der Waals surface area contributed by atoms with Gasteiger partial charge in [0.1, 0.15) is 0 Å². The third-order valence-corrected chi connectivity index (χ3v) is 3.92. The minimum Gasteiger partial charge on any atom is -0.392 e. The summed E-state index contributed by atoms with van der Waals surface area (Å²) < 4.78 is 1.67. The number of nitrogens with zero attached hydrogens (tertiary/aromatic N) is 2. The van der Waals surface area contributed by atoms with Crippen molar-refractivity contribution in [2.75, 3.05) is 5.32 Å². The van der Waals surface area contributed by atoms with Crippen LogP contribution in [0.4, 0.5) is 5.69 Å². The number of carbonyl (C=O) groups is 1. The van der Waals surface area contributed by atoms with E-state index in [1.54, 1.807) is 35.1 Å². The van der Waals surface area contributed by atoms with E-state index in [0.29, 0.717) is 22.8 Å². The van der Waals surface area contributed by atoms with E-state index < -0.39 is 0 Å². The molecule has 0 spiro atoms. The van der Waals surface area contributed by atoms with Crippen LogP contribution >= 0.6 is 11.6 Å². The topological polar surface area (TPSA) is 67.2 Å². The first-order valence-electron chi connectivity index (χ1n) is 7.43. The Morgan fingerprint density at radius 3 is 2.83 bits per heavy atom. The molecule has 0 aliphatic heterocycles. The van der Waals surface area contributed by atoms with E-state index in [1.807, 2.05) is 24.3 Å². The van der Waals surface area contributed by atoms with E-state index in [-0.39, 0.29) is 12.5 Å². The molecular formula is C18H16ClN3O2. The standard InChI is InChI=1S/C18H16ClN3O2/c19-17-7-2-1-5-14(17)10-22-11-15(9-20-22)18(24)21-16-6-3-4-13(8-16)12-23/h1-9,11,23H,10,12H2,(H,21,24). The Kier molecular flexibility index (Phi) is 4.93. The van der Waals surface area contributed by atoms with Gasteiger partial charge in [-0.15, -0.1) is 0 Å². The zero-order valence-electron chi connectivity index (χ0n) is 12.8. The molecule has 2 aromatic carbocycles. The molecule has 1 amide bonds. The predicted octanol–water partition coefficient (Wildman–Crippen LogP) is 3.33. The fraction of sp³-hybridized carbons (Fsp3) is 0.111. The summed E-state index contributed by atoms with van der Waals surface area (Å²) in [6.45, 7) is 0.423. The number of hydrogen-bond donors (Lipinski definition) is 2. The lowest BCUT2D eigenvalue weighted by atomic mass is 10.2. The van der Waals surface area contributed by atoms with Crippen molar-refractivity contribution in [3.63, 3.8) is 0 Å². The number of rotatable bonds is 5. The highest BCUT2D eigenvalue weighted by Gasteiger charge is 2.10. The van der Waals surface area contributed by atoms with E-state index in [2.05, 4.69) is 10.4 Å². The molecule has 3 rings (SSSR count). The molecule has 2 N–H and O–H groups in total. The molecule has 0 saturated carbocycles. The molecule has 0 bridgehead atoms. The Balaban J connectivity index is 1.70. The number of aliphatic hydroxyl groups is 1. The van der Waals surface area contributed by atoms with Crippen molar-refractivity contribution in [3.05, 3.63) is 82.6 Å². The summed E-state index contributed by atoms with van der Waals surface area (Å²) in [5, 5.41) is 16.8. The molecule has 0 atom stereocenters. The van der Waals surface area contributed by atoms with Crippen LogP contribution in [0.2, 0.25) is 5.02 Å². The zero-order valence-corrected chi connectivity index (χ0v) is 13.6. The van der Waals surface area contributed by atoms with Crippen LogP contribution in [0.25, 0.3) is 0 Å². The van der Waals surface area contributed by atoms with Crippen LogP contribution in [0.5, 0.6) is 0 Å². The zero-order chi connectivity index (χ0) is 16.9. The van der Waals surface area contributed by atoms with E-state index >= 15 is 0 Å². The second-order valence-corrected chi connectivity index (χ2v) is 5.74. The summed E-state index contributed by atoms with van der Waals surface area (Å²) in [7, 11) is 0. The lowest BCUT2D eigenvalue weighted by molar-refractivity contribution is 0.102. The van der Waals surface area contributed by atoms with Crippen LogP contribution in [-0.4, -0.2) is 20.8 Å². The molecule has 0 unspecified atom stereocenters. The molecule has 122 valence electrons. The Bertz CT molecular complexity index is 861. The van der Waals surface area contributed by atoms with Crippen molar-refractivity contribution >= 4 is 23.2 Å². The van der Waals surface area contributed by atoms with Gasteiger partial charge in [-0.3, -0.25) is 9.48 Å². The summed E-state index contributed by atoms with van der Waals surface area (Å²) >= 11 is 6.14. The second kappa shape index (κ2) is 7.29. The first-order chi connectivity index (χ1) is 11.7. The Morgan fingerprint density at radius 2 is 2.04 bits per heavy atom. The molecule has 0 saturated heterocycles. The quantitative estimate of drug-likeness (QED) is 0.748. The molecule has 0 fully saturated rings. The highest BCUT2D eigenvalue weighted by atomic mass is 35.5. The number of aromatic nitrogens is 2. The highest BCUT2D eigenvalue weighted by molar-refractivity contribution is 6.31. The van der Waals surface area contributed by atoms with Crippen molar-refractivity contribution in [1.29, 1.82) is 0 Å². The van der Waals surface area contributed by atoms with Crippen molar-refractivity contribution in [2.45, 2.75) is 13.2 Å². The van der Waals surface area contributed by atoms with Crippen LogP contribution in [-0.2, 0) is 13.2 Å².